The molecule has 0 fully saturated rings. The van der Waals surface area contributed by atoms with Crippen molar-refractivity contribution >= 4 is 28.6 Å². The second-order valence-corrected chi connectivity index (χ2v) is 9.02. The Balaban J connectivity index is 1.81. The summed E-state index contributed by atoms with van der Waals surface area (Å²) in [6.07, 6.45) is 1.06. The number of nitrogens with one attached hydrogen (secondary N) is 1. The second-order valence-electron chi connectivity index (χ2n) is 8.19. The predicted molar refractivity (Wildman–Crippen MR) is 122 cm³/mol. The number of thiazole rings is 1. The van der Waals surface area contributed by atoms with Gasteiger partial charge in [0.05, 0.1) is 17.1 Å². The molecule has 0 saturated carbocycles. The average molecular weight is 422 g/mol. The molecule has 1 aliphatic heterocycles. The Morgan fingerprint density at radius 2 is 2.03 bits per heavy atom. The number of benzene rings is 2. The lowest BCUT2D eigenvalue weighted by molar-refractivity contribution is -0.118. The summed E-state index contributed by atoms with van der Waals surface area (Å²) in [5, 5.41) is 5.06. The number of fused-ring (bicyclic) bond motifs is 1. The number of amides is 1. The van der Waals surface area contributed by atoms with Gasteiger partial charge in [-0.05, 0) is 61.6 Å². The molecule has 0 bridgehead atoms. The van der Waals surface area contributed by atoms with Crippen LogP contribution in [-0.4, -0.2) is 17.1 Å². The number of rotatable bonds is 5. The van der Waals surface area contributed by atoms with Crippen molar-refractivity contribution < 1.29 is 9.53 Å². The lowest BCUT2D eigenvalue weighted by atomic mass is 10.1. The largest absolute Gasteiger partial charge is 0.482 e. The number of carbonyl (C=O) groups excluding carboxylic acids is 1. The van der Waals surface area contributed by atoms with E-state index in [4.69, 9.17) is 9.73 Å². The Labute approximate surface area is 181 Å². The Kier molecular flexibility index (Phi) is 5.77. The van der Waals surface area contributed by atoms with E-state index >= 15 is 0 Å². The van der Waals surface area contributed by atoms with Crippen LogP contribution in [0.5, 0.6) is 5.75 Å². The van der Waals surface area contributed by atoms with Gasteiger partial charge in [0.15, 0.2) is 11.4 Å². The number of ether oxygens (including phenoxy) is 1. The van der Waals surface area contributed by atoms with Gasteiger partial charge in [-0.2, -0.15) is 0 Å². The number of carbonyl (C=O) groups is 1. The molecule has 1 aliphatic rings. The van der Waals surface area contributed by atoms with Crippen molar-refractivity contribution in [3.05, 3.63) is 57.7 Å². The van der Waals surface area contributed by atoms with Crippen molar-refractivity contribution in [3.8, 4) is 17.0 Å². The lowest BCUT2D eigenvalue weighted by Crippen LogP contribution is -2.25. The summed E-state index contributed by atoms with van der Waals surface area (Å²) in [6.45, 7) is 9.62. The molecule has 4 rings (SSSR count). The molecule has 2 heterocycles. The molecular formula is C24H27N3O2S. The van der Waals surface area contributed by atoms with Gasteiger partial charge in [-0.1, -0.05) is 26.0 Å². The molecular weight excluding hydrogens is 394 g/mol. The Morgan fingerprint density at radius 3 is 2.83 bits per heavy atom. The molecule has 1 aromatic heterocycles. The van der Waals surface area contributed by atoms with Crippen molar-refractivity contribution in [3.63, 3.8) is 0 Å². The molecule has 30 heavy (non-hydrogen) atoms. The molecule has 0 radical (unpaired) electrons. The highest BCUT2D eigenvalue weighted by atomic mass is 32.1. The zero-order valence-electron chi connectivity index (χ0n) is 17.9. The highest BCUT2D eigenvalue weighted by molar-refractivity contribution is 7.07. The Morgan fingerprint density at radius 1 is 1.20 bits per heavy atom. The topological polar surface area (TPSA) is 55.6 Å². The SMILES string of the molecule is Cc1ccc(C)c(N=c2scc(-c3ccc4c(c3)NC(=O)CO4)n2CCC(C)C)c1. The van der Waals surface area contributed by atoms with E-state index in [-0.39, 0.29) is 12.5 Å². The fourth-order valence-corrected chi connectivity index (χ4v) is 4.39. The maximum atomic E-state index is 11.7. The van der Waals surface area contributed by atoms with E-state index in [1.807, 2.05) is 18.2 Å². The van der Waals surface area contributed by atoms with E-state index in [0.717, 1.165) is 40.4 Å². The molecule has 156 valence electrons. The first-order valence-corrected chi connectivity index (χ1v) is 11.2. The summed E-state index contributed by atoms with van der Waals surface area (Å²) in [4.78, 5) is 17.7. The van der Waals surface area contributed by atoms with Gasteiger partial charge in [0.25, 0.3) is 5.91 Å². The number of nitrogens with zero attached hydrogens (tertiary/aromatic N) is 2. The molecule has 5 nitrogen and oxygen atoms in total. The second kappa shape index (κ2) is 8.48. The van der Waals surface area contributed by atoms with E-state index in [1.54, 1.807) is 11.3 Å². The van der Waals surface area contributed by atoms with Crippen LogP contribution in [0.3, 0.4) is 0 Å². The minimum absolute atomic E-state index is 0.0675. The van der Waals surface area contributed by atoms with Gasteiger partial charge in [-0.15, -0.1) is 11.3 Å². The average Bonchev–Trinajstić information content (AvgIpc) is 3.11. The number of hydrogen-bond donors (Lipinski definition) is 1. The molecule has 0 unspecified atom stereocenters. The first-order valence-electron chi connectivity index (χ1n) is 10.3. The molecule has 6 heteroatoms. The number of hydrogen-bond acceptors (Lipinski definition) is 4. The van der Waals surface area contributed by atoms with Crippen LogP contribution in [0.1, 0.15) is 31.4 Å². The monoisotopic (exact) mass is 421 g/mol. The van der Waals surface area contributed by atoms with Gasteiger partial charge < -0.3 is 14.6 Å². The smallest absolute Gasteiger partial charge is 0.262 e. The fourth-order valence-electron chi connectivity index (χ4n) is 3.44. The zero-order chi connectivity index (χ0) is 21.3. The first-order chi connectivity index (χ1) is 14.4. The van der Waals surface area contributed by atoms with E-state index in [2.05, 4.69) is 61.2 Å². The van der Waals surface area contributed by atoms with Crippen molar-refractivity contribution in [2.75, 3.05) is 11.9 Å². The maximum absolute atomic E-state index is 11.7. The number of aryl methyl sites for hydroxylation is 2. The van der Waals surface area contributed by atoms with Crippen LogP contribution in [0.4, 0.5) is 11.4 Å². The number of anilines is 1. The first kappa shape index (κ1) is 20.4. The van der Waals surface area contributed by atoms with Crippen LogP contribution in [0.25, 0.3) is 11.3 Å². The summed E-state index contributed by atoms with van der Waals surface area (Å²) in [6, 6.07) is 12.3. The van der Waals surface area contributed by atoms with Crippen LogP contribution in [0.15, 0.2) is 46.8 Å². The van der Waals surface area contributed by atoms with Crippen LogP contribution in [-0.2, 0) is 11.3 Å². The summed E-state index contributed by atoms with van der Waals surface area (Å²) in [7, 11) is 0. The maximum Gasteiger partial charge on any atom is 0.262 e. The summed E-state index contributed by atoms with van der Waals surface area (Å²) < 4.78 is 7.80. The van der Waals surface area contributed by atoms with Crippen LogP contribution >= 0.6 is 11.3 Å². The van der Waals surface area contributed by atoms with Crippen molar-refractivity contribution in [2.24, 2.45) is 10.9 Å². The van der Waals surface area contributed by atoms with E-state index in [9.17, 15) is 4.79 Å². The van der Waals surface area contributed by atoms with Crippen molar-refractivity contribution in [1.82, 2.24) is 4.57 Å². The van der Waals surface area contributed by atoms with Gasteiger partial charge in [0.2, 0.25) is 0 Å². The molecule has 1 N–H and O–H groups in total. The third-order valence-corrected chi connectivity index (χ3v) is 6.08. The number of aromatic nitrogens is 1. The highest BCUT2D eigenvalue weighted by Crippen LogP contribution is 2.33. The van der Waals surface area contributed by atoms with E-state index < -0.39 is 0 Å². The molecule has 0 aliphatic carbocycles. The summed E-state index contributed by atoms with van der Waals surface area (Å²) in [5.41, 5.74) is 6.25. The molecule has 0 atom stereocenters. The third-order valence-electron chi connectivity index (χ3n) is 5.22. The molecule has 0 spiro atoms. The van der Waals surface area contributed by atoms with Crippen LogP contribution < -0.4 is 14.9 Å². The van der Waals surface area contributed by atoms with Crippen LogP contribution in [0, 0.1) is 19.8 Å². The van der Waals surface area contributed by atoms with Gasteiger partial charge in [0.1, 0.15) is 5.75 Å². The van der Waals surface area contributed by atoms with Crippen molar-refractivity contribution in [1.29, 1.82) is 0 Å². The Hall–Kier alpha value is -2.86. The van der Waals surface area contributed by atoms with Gasteiger partial charge >= 0.3 is 0 Å². The lowest BCUT2D eigenvalue weighted by Gasteiger charge is -2.19. The van der Waals surface area contributed by atoms with Gasteiger partial charge in [-0.3, -0.25) is 4.79 Å². The molecule has 1 amide bonds. The standard InChI is InChI=1S/C24H27N3O2S/c1-15(2)9-10-27-21(18-7-8-22-20(12-18)25-23(28)13-29-22)14-30-24(27)26-19-11-16(3)5-6-17(19)4/h5-8,11-12,14-15H,9-10,13H2,1-4H3,(H,25,28). The quantitative estimate of drug-likeness (QED) is 0.596. The highest BCUT2D eigenvalue weighted by Gasteiger charge is 2.18. The van der Waals surface area contributed by atoms with E-state index in [0.29, 0.717) is 11.7 Å². The van der Waals surface area contributed by atoms with E-state index in [1.165, 1.54) is 11.1 Å². The Bertz CT molecular complexity index is 1160. The van der Waals surface area contributed by atoms with Crippen LogP contribution in [0.2, 0.25) is 0 Å². The molecule has 0 saturated heterocycles. The third kappa shape index (κ3) is 4.33. The van der Waals surface area contributed by atoms with Crippen molar-refractivity contribution in [2.45, 2.75) is 40.7 Å². The fraction of sp³-hybridized carbons (Fsp3) is 0.333. The predicted octanol–water partition coefficient (Wildman–Crippen LogP) is 5.44. The molecule has 3 aromatic rings. The normalized spacial score (nSPS) is 13.9. The summed E-state index contributed by atoms with van der Waals surface area (Å²) >= 11 is 1.65. The zero-order valence-corrected chi connectivity index (χ0v) is 18.7. The van der Waals surface area contributed by atoms with Gasteiger partial charge in [-0.25, -0.2) is 4.99 Å². The molecule has 2 aromatic carbocycles. The minimum Gasteiger partial charge on any atom is -0.482 e. The summed E-state index contributed by atoms with van der Waals surface area (Å²) in [5.74, 6) is 1.18. The van der Waals surface area contributed by atoms with Gasteiger partial charge in [0, 0.05) is 17.5 Å². The minimum atomic E-state index is -0.122.